The van der Waals surface area contributed by atoms with Crippen molar-refractivity contribution in [2.24, 2.45) is 10.4 Å². The number of guanidine groups is 1. The number of hydrogen-bond acceptors (Lipinski definition) is 3. The minimum atomic E-state index is 0.370. The molecule has 0 spiro atoms. The summed E-state index contributed by atoms with van der Waals surface area (Å²) in [6.07, 6.45) is 11.1. The van der Waals surface area contributed by atoms with Crippen LogP contribution in [0.25, 0.3) is 0 Å². The Morgan fingerprint density at radius 3 is 2.79 bits per heavy atom. The molecule has 1 saturated carbocycles. The van der Waals surface area contributed by atoms with Gasteiger partial charge in [0.15, 0.2) is 5.96 Å². The molecular weight excluding hydrogens is 300 g/mol. The first-order valence-corrected chi connectivity index (χ1v) is 9.02. The number of pyridine rings is 1. The molecule has 0 aliphatic heterocycles. The molecule has 134 valence electrons. The molecule has 2 N–H and O–H groups in total. The predicted octanol–water partition coefficient (Wildman–Crippen LogP) is 2.69. The van der Waals surface area contributed by atoms with Gasteiger partial charge in [0.05, 0.1) is 0 Å². The van der Waals surface area contributed by atoms with Gasteiger partial charge in [-0.25, -0.2) is 0 Å². The van der Waals surface area contributed by atoms with Crippen LogP contribution < -0.4 is 10.6 Å². The van der Waals surface area contributed by atoms with E-state index in [-0.39, 0.29) is 0 Å². The van der Waals surface area contributed by atoms with Gasteiger partial charge in [-0.1, -0.05) is 12.8 Å². The second-order valence-electron chi connectivity index (χ2n) is 6.85. The van der Waals surface area contributed by atoms with Gasteiger partial charge in [-0.3, -0.25) is 9.98 Å². The van der Waals surface area contributed by atoms with Crippen molar-refractivity contribution in [1.82, 2.24) is 15.6 Å². The number of aliphatic imine (C=N–C) groups is 1. The maximum absolute atomic E-state index is 5.31. The molecule has 1 aromatic rings. The van der Waals surface area contributed by atoms with Crippen LogP contribution in [0.2, 0.25) is 0 Å². The van der Waals surface area contributed by atoms with Gasteiger partial charge in [0, 0.05) is 46.2 Å². The Morgan fingerprint density at radius 1 is 1.33 bits per heavy atom. The van der Waals surface area contributed by atoms with E-state index in [0.29, 0.717) is 5.41 Å². The van der Waals surface area contributed by atoms with Crippen LogP contribution in [0.3, 0.4) is 0 Å². The third kappa shape index (κ3) is 5.48. The van der Waals surface area contributed by atoms with E-state index in [1.54, 1.807) is 7.11 Å². The fourth-order valence-corrected chi connectivity index (χ4v) is 3.55. The summed E-state index contributed by atoms with van der Waals surface area (Å²) in [4.78, 5) is 8.51. The second-order valence-corrected chi connectivity index (χ2v) is 6.85. The molecule has 1 aromatic heterocycles. The largest absolute Gasteiger partial charge is 0.385 e. The normalized spacial score (nSPS) is 17.0. The van der Waals surface area contributed by atoms with Crippen molar-refractivity contribution < 1.29 is 4.74 Å². The lowest BCUT2D eigenvalue weighted by Crippen LogP contribution is -2.44. The number of nitrogens with one attached hydrogen (secondary N) is 2. The van der Waals surface area contributed by atoms with E-state index in [9.17, 15) is 0 Å². The molecule has 24 heavy (non-hydrogen) atoms. The van der Waals surface area contributed by atoms with Crippen LogP contribution in [-0.4, -0.2) is 44.8 Å². The van der Waals surface area contributed by atoms with Crippen LogP contribution in [0.15, 0.2) is 23.5 Å². The van der Waals surface area contributed by atoms with Crippen molar-refractivity contribution in [2.75, 3.05) is 33.9 Å². The van der Waals surface area contributed by atoms with E-state index in [1.807, 2.05) is 19.4 Å². The Morgan fingerprint density at radius 2 is 2.12 bits per heavy atom. The Labute approximate surface area is 146 Å². The van der Waals surface area contributed by atoms with Crippen molar-refractivity contribution in [1.29, 1.82) is 0 Å². The van der Waals surface area contributed by atoms with Gasteiger partial charge in [0.25, 0.3) is 0 Å². The van der Waals surface area contributed by atoms with E-state index >= 15 is 0 Å². The molecule has 1 aliphatic rings. The first kappa shape index (κ1) is 18.7. The van der Waals surface area contributed by atoms with Gasteiger partial charge < -0.3 is 15.4 Å². The summed E-state index contributed by atoms with van der Waals surface area (Å²) >= 11 is 0. The van der Waals surface area contributed by atoms with Gasteiger partial charge in [-0.2, -0.15) is 0 Å². The Kier molecular flexibility index (Phi) is 7.50. The van der Waals surface area contributed by atoms with Gasteiger partial charge in [-0.05, 0) is 55.2 Å². The summed E-state index contributed by atoms with van der Waals surface area (Å²) in [6.45, 7) is 4.80. The van der Waals surface area contributed by atoms with E-state index in [4.69, 9.17) is 4.74 Å². The number of hydrogen-bond donors (Lipinski definition) is 2. The van der Waals surface area contributed by atoms with Crippen LogP contribution in [0.5, 0.6) is 0 Å². The molecule has 0 bridgehead atoms. The van der Waals surface area contributed by atoms with E-state index < -0.39 is 0 Å². The van der Waals surface area contributed by atoms with Gasteiger partial charge in [0.2, 0.25) is 0 Å². The minimum Gasteiger partial charge on any atom is -0.385 e. The molecule has 0 amide bonds. The standard InChI is InChI=1S/C19H32N4O/c1-16-14-21-11-6-17(16)7-12-22-18(20-2)23-15-19(10-13-24-3)8-4-5-9-19/h6,11,14H,4-5,7-10,12-13,15H2,1-3H3,(H2,20,22,23). The fourth-order valence-electron chi connectivity index (χ4n) is 3.55. The molecule has 0 saturated heterocycles. The van der Waals surface area contributed by atoms with Crippen molar-refractivity contribution in [3.05, 3.63) is 29.6 Å². The minimum absolute atomic E-state index is 0.370. The maximum Gasteiger partial charge on any atom is 0.191 e. The predicted molar refractivity (Wildman–Crippen MR) is 99.4 cm³/mol. The number of aromatic nitrogens is 1. The van der Waals surface area contributed by atoms with Crippen LogP contribution in [0.1, 0.15) is 43.2 Å². The van der Waals surface area contributed by atoms with Gasteiger partial charge in [0.1, 0.15) is 0 Å². The Balaban J connectivity index is 1.78. The summed E-state index contributed by atoms with van der Waals surface area (Å²) in [6, 6.07) is 2.09. The molecule has 0 unspecified atom stereocenters. The highest BCUT2D eigenvalue weighted by Gasteiger charge is 2.33. The molecule has 0 radical (unpaired) electrons. The van der Waals surface area contributed by atoms with E-state index in [0.717, 1.165) is 38.5 Å². The molecule has 1 aliphatic carbocycles. The number of aryl methyl sites for hydroxylation is 1. The smallest absolute Gasteiger partial charge is 0.191 e. The van der Waals surface area contributed by atoms with Crippen LogP contribution in [0.4, 0.5) is 0 Å². The molecule has 0 aromatic carbocycles. The Bertz CT molecular complexity index is 524. The second kappa shape index (κ2) is 9.62. The average molecular weight is 332 g/mol. The lowest BCUT2D eigenvalue weighted by atomic mass is 9.83. The molecule has 1 heterocycles. The molecule has 2 rings (SSSR count). The highest BCUT2D eigenvalue weighted by atomic mass is 16.5. The summed E-state index contributed by atoms with van der Waals surface area (Å²) < 4.78 is 5.31. The van der Waals surface area contributed by atoms with E-state index in [1.165, 1.54) is 36.8 Å². The summed E-state index contributed by atoms with van der Waals surface area (Å²) in [5.74, 6) is 0.894. The quantitative estimate of drug-likeness (QED) is 0.568. The number of methoxy groups -OCH3 is 1. The number of nitrogens with zero attached hydrogens (tertiary/aromatic N) is 2. The van der Waals surface area contributed by atoms with Crippen molar-refractivity contribution >= 4 is 5.96 Å². The van der Waals surface area contributed by atoms with Gasteiger partial charge >= 0.3 is 0 Å². The van der Waals surface area contributed by atoms with Crippen molar-refractivity contribution in [3.8, 4) is 0 Å². The molecule has 5 heteroatoms. The molecule has 0 atom stereocenters. The molecule has 1 fully saturated rings. The SMILES string of the molecule is CN=C(NCCc1ccncc1C)NCC1(CCOC)CCCC1. The third-order valence-electron chi connectivity index (χ3n) is 5.18. The van der Waals surface area contributed by atoms with Crippen molar-refractivity contribution in [2.45, 2.75) is 45.4 Å². The maximum atomic E-state index is 5.31. The highest BCUT2D eigenvalue weighted by molar-refractivity contribution is 5.79. The van der Waals surface area contributed by atoms with Crippen molar-refractivity contribution in [3.63, 3.8) is 0 Å². The van der Waals surface area contributed by atoms with Gasteiger partial charge in [-0.15, -0.1) is 0 Å². The zero-order valence-electron chi connectivity index (χ0n) is 15.4. The van der Waals surface area contributed by atoms with E-state index in [2.05, 4.69) is 33.6 Å². The molecular formula is C19H32N4O. The molecule has 5 nitrogen and oxygen atoms in total. The van der Waals surface area contributed by atoms with Crippen LogP contribution in [-0.2, 0) is 11.2 Å². The Hall–Kier alpha value is -1.62. The van der Waals surface area contributed by atoms with Crippen LogP contribution >= 0.6 is 0 Å². The first-order chi connectivity index (χ1) is 11.7. The first-order valence-electron chi connectivity index (χ1n) is 9.02. The fraction of sp³-hybridized carbons (Fsp3) is 0.684. The summed E-state index contributed by atoms with van der Waals surface area (Å²) in [5, 5.41) is 6.96. The lowest BCUT2D eigenvalue weighted by molar-refractivity contribution is 0.138. The monoisotopic (exact) mass is 332 g/mol. The topological polar surface area (TPSA) is 58.5 Å². The average Bonchev–Trinajstić information content (AvgIpc) is 3.07. The zero-order valence-corrected chi connectivity index (χ0v) is 15.4. The number of rotatable bonds is 8. The van der Waals surface area contributed by atoms with Crippen LogP contribution in [0, 0.1) is 12.3 Å². The highest BCUT2D eigenvalue weighted by Crippen LogP contribution is 2.40. The zero-order chi connectivity index (χ0) is 17.3. The number of ether oxygens (including phenoxy) is 1. The lowest BCUT2D eigenvalue weighted by Gasteiger charge is -2.30. The summed E-state index contributed by atoms with van der Waals surface area (Å²) in [7, 11) is 3.63. The third-order valence-corrected chi connectivity index (χ3v) is 5.18. The summed E-state index contributed by atoms with van der Waals surface area (Å²) in [5.41, 5.74) is 2.95.